The van der Waals surface area contributed by atoms with E-state index in [0.717, 1.165) is 54.7 Å². The summed E-state index contributed by atoms with van der Waals surface area (Å²) in [6.07, 6.45) is 2.95. The molecule has 1 unspecified atom stereocenters. The summed E-state index contributed by atoms with van der Waals surface area (Å²) in [6.45, 7) is 8.84. The highest BCUT2D eigenvalue weighted by atomic mass is 16.2. The van der Waals surface area contributed by atoms with Crippen LogP contribution in [0.3, 0.4) is 0 Å². The van der Waals surface area contributed by atoms with Crippen molar-refractivity contribution >= 4 is 17.5 Å². The molecule has 1 atom stereocenters. The van der Waals surface area contributed by atoms with Gasteiger partial charge in [0.15, 0.2) is 0 Å². The fourth-order valence-corrected chi connectivity index (χ4v) is 4.74. The summed E-state index contributed by atoms with van der Waals surface area (Å²) < 4.78 is 0. The first-order valence-electron chi connectivity index (χ1n) is 11.4. The first-order valence-corrected chi connectivity index (χ1v) is 11.4. The minimum Gasteiger partial charge on any atom is -0.341 e. The summed E-state index contributed by atoms with van der Waals surface area (Å²) in [5.41, 5.74) is 5.34. The number of amides is 2. The molecule has 2 heterocycles. The average Bonchev–Trinajstić information content (AvgIpc) is 2.77. The summed E-state index contributed by atoms with van der Waals surface area (Å²) in [7, 11) is 0. The lowest BCUT2D eigenvalue weighted by molar-refractivity contribution is -0.139. The van der Waals surface area contributed by atoms with E-state index in [4.69, 9.17) is 0 Å². The first-order chi connectivity index (χ1) is 14.9. The molecule has 2 aromatic carbocycles. The van der Waals surface area contributed by atoms with Crippen LogP contribution in [-0.2, 0) is 16.0 Å². The highest BCUT2D eigenvalue weighted by Crippen LogP contribution is 2.32. The molecule has 2 aliphatic rings. The SMILES string of the molecule is Cc1cccc(NC(=O)CN2CCc3ccccc3C2C(=O)N2CCC(C)CC2)c1C. The fraction of sp³-hybridized carbons (Fsp3) is 0.462. The van der Waals surface area contributed by atoms with Crippen LogP contribution in [0.5, 0.6) is 0 Å². The second-order valence-electron chi connectivity index (χ2n) is 9.13. The zero-order valence-electron chi connectivity index (χ0n) is 18.9. The van der Waals surface area contributed by atoms with Gasteiger partial charge in [0, 0.05) is 25.3 Å². The lowest BCUT2D eigenvalue weighted by Gasteiger charge is -2.40. The Bertz CT molecular complexity index is 963. The number of hydrogen-bond donors (Lipinski definition) is 1. The van der Waals surface area contributed by atoms with Crippen LogP contribution in [0.4, 0.5) is 5.69 Å². The number of rotatable bonds is 4. The predicted molar refractivity (Wildman–Crippen MR) is 124 cm³/mol. The number of aryl methyl sites for hydroxylation is 1. The van der Waals surface area contributed by atoms with Gasteiger partial charge >= 0.3 is 0 Å². The smallest absolute Gasteiger partial charge is 0.244 e. The van der Waals surface area contributed by atoms with Gasteiger partial charge in [-0.2, -0.15) is 0 Å². The molecule has 2 amide bonds. The van der Waals surface area contributed by atoms with Gasteiger partial charge in [-0.1, -0.05) is 43.3 Å². The number of likely N-dealkylation sites (tertiary alicyclic amines) is 1. The average molecular weight is 420 g/mol. The number of nitrogens with one attached hydrogen (secondary N) is 1. The van der Waals surface area contributed by atoms with E-state index in [-0.39, 0.29) is 24.4 Å². The number of fused-ring (bicyclic) bond motifs is 1. The minimum absolute atomic E-state index is 0.0712. The van der Waals surface area contributed by atoms with Gasteiger partial charge in [0.2, 0.25) is 11.8 Å². The molecule has 4 rings (SSSR count). The molecule has 1 saturated heterocycles. The number of carbonyl (C=O) groups is 2. The predicted octanol–water partition coefficient (Wildman–Crippen LogP) is 4.10. The van der Waals surface area contributed by atoms with E-state index < -0.39 is 0 Å². The third kappa shape index (κ3) is 4.67. The van der Waals surface area contributed by atoms with Gasteiger partial charge in [-0.25, -0.2) is 0 Å². The standard InChI is InChI=1S/C26H33N3O2/c1-18-11-14-28(15-12-18)26(31)25-22-9-5-4-8-21(22)13-16-29(25)17-24(30)27-23-10-6-7-19(2)20(23)3/h4-10,18,25H,11-17H2,1-3H3,(H,27,30). The topological polar surface area (TPSA) is 52.7 Å². The molecule has 0 saturated carbocycles. The first kappa shape index (κ1) is 21.6. The van der Waals surface area contributed by atoms with Crippen molar-refractivity contribution in [3.8, 4) is 0 Å². The van der Waals surface area contributed by atoms with Gasteiger partial charge in [-0.05, 0) is 67.3 Å². The summed E-state index contributed by atoms with van der Waals surface area (Å²) >= 11 is 0. The molecular formula is C26H33N3O2. The summed E-state index contributed by atoms with van der Waals surface area (Å²) in [5, 5.41) is 3.06. The number of nitrogens with zero attached hydrogens (tertiary/aromatic N) is 2. The Balaban J connectivity index is 1.54. The van der Waals surface area contributed by atoms with E-state index in [1.54, 1.807) is 0 Å². The molecule has 0 bridgehead atoms. The highest BCUT2D eigenvalue weighted by molar-refractivity contribution is 5.94. The van der Waals surface area contributed by atoms with E-state index in [0.29, 0.717) is 12.5 Å². The molecule has 31 heavy (non-hydrogen) atoms. The number of benzene rings is 2. The molecule has 5 heteroatoms. The van der Waals surface area contributed by atoms with Crippen molar-refractivity contribution in [1.82, 2.24) is 9.80 Å². The van der Waals surface area contributed by atoms with Crippen LogP contribution in [0.25, 0.3) is 0 Å². The molecule has 0 aromatic heterocycles. The van der Waals surface area contributed by atoms with Gasteiger partial charge in [0.05, 0.1) is 6.54 Å². The quantitative estimate of drug-likeness (QED) is 0.812. The fourth-order valence-electron chi connectivity index (χ4n) is 4.74. The second kappa shape index (κ2) is 9.23. The zero-order valence-corrected chi connectivity index (χ0v) is 18.9. The lowest BCUT2D eigenvalue weighted by atomic mass is 9.90. The third-order valence-electron chi connectivity index (χ3n) is 6.94. The van der Waals surface area contributed by atoms with E-state index in [1.807, 2.05) is 49.1 Å². The lowest BCUT2D eigenvalue weighted by Crippen LogP contribution is -2.50. The largest absolute Gasteiger partial charge is 0.341 e. The molecule has 1 N–H and O–H groups in total. The van der Waals surface area contributed by atoms with Gasteiger partial charge in [0.25, 0.3) is 0 Å². The van der Waals surface area contributed by atoms with E-state index in [9.17, 15) is 9.59 Å². The Morgan fingerprint density at radius 2 is 1.74 bits per heavy atom. The molecule has 0 spiro atoms. The van der Waals surface area contributed by atoms with Crippen LogP contribution in [0.1, 0.15) is 48.1 Å². The van der Waals surface area contributed by atoms with Crippen LogP contribution in [0, 0.1) is 19.8 Å². The van der Waals surface area contributed by atoms with Crippen LogP contribution in [0.2, 0.25) is 0 Å². The highest BCUT2D eigenvalue weighted by Gasteiger charge is 2.37. The monoisotopic (exact) mass is 419 g/mol. The molecule has 2 aromatic rings. The molecule has 1 fully saturated rings. The van der Waals surface area contributed by atoms with Gasteiger partial charge in [-0.15, -0.1) is 0 Å². The van der Waals surface area contributed by atoms with Crippen LogP contribution in [-0.4, -0.2) is 47.8 Å². The van der Waals surface area contributed by atoms with Crippen molar-refractivity contribution in [2.24, 2.45) is 5.92 Å². The Kier molecular flexibility index (Phi) is 6.42. The van der Waals surface area contributed by atoms with Crippen molar-refractivity contribution < 1.29 is 9.59 Å². The third-order valence-corrected chi connectivity index (χ3v) is 6.94. The molecule has 0 aliphatic carbocycles. The van der Waals surface area contributed by atoms with Crippen molar-refractivity contribution in [2.45, 2.75) is 46.1 Å². The second-order valence-corrected chi connectivity index (χ2v) is 9.13. The van der Waals surface area contributed by atoms with Crippen LogP contribution >= 0.6 is 0 Å². The Hall–Kier alpha value is -2.66. The molecule has 0 radical (unpaired) electrons. The molecule has 5 nitrogen and oxygen atoms in total. The van der Waals surface area contributed by atoms with Crippen molar-refractivity contribution in [2.75, 3.05) is 31.5 Å². The number of anilines is 1. The number of carbonyl (C=O) groups excluding carboxylic acids is 2. The maximum Gasteiger partial charge on any atom is 0.244 e. The summed E-state index contributed by atoms with van der Waals surface area (Å²) in [4.78, 5) is 30.7. The Morgan fingerprint density at radius 3 is 2.52 bits per heavy atom. The molecule has 2 aliphatic heterocycles. The maximum absolute atomic E-state index is 13.6. The maximum atomic E-state index is 13.6. The summed E-state index contributed by atoms with van der Waals surface area (Å²) in [6, 6.07) is 13.7. The van der Waals surface area contributed by atoms with Crippen molar-refractivity contribution in [1.29, 1.82) is 0 Å². The van der Waals surface area contributed by atoms with Crippen molar-refractivity contribution in [3.63, 3.8) is 0 Å². The minimum atomic E-state index is -0.386. The van der Waals surface area contributed by atoms with Gasteiger partial charge in [-0.3, -0.25) is 14.5 Å². The Morgan fingerprint density at radius 1 is 1.00 bits per heavy atom. The van der Waals surface area contributed by atoms with E-state index in [2.05, 4.69) is 29.3 Å². The molecule has 164 valence electrons. The van der Waals surface area contributed by atoms with Gasteiger partial charge < -0.3 is 10.2 Å². The Labute approximate surface area is 185 Å². The molecular weight excluding hydrogens is 386 g/mol. The summed E-state index contributed by atoms with van der Waals surface area (Å²) in [5.74, 6) is 0.735. The zero-order chi connectivity index (χ0) is 22.0. The van der Waals surface area contributed by atoms with Crippen molar-refractivity contribution in [3.05, 3.63) is 64.7 Å². The van der Waals surface area contributed by atoms with Gasteiger partial charge in [0.1, 0.15) is 6.04 Å². The number of hydrogen-bond acceptors (Lipinski definition) is 3. The number of piperidine rings is 1. The van der Waals surface area contributed by atoms with Crippen LogP contribution < -0.4 is 5.32 Å². The van der Waals surface area contributed by atoms with Crippen LogP contribution in [0.15, 0.2) is 42.5 Å². The normalized spacial score (nSPS) is 19.7. The van der Waals surface area contributed by atoms with E-state index in [1.165, 1.54) is 5.56 Å². The van der Waals surface area contributed by atoms with E-state index >= 15 is 0 Å².